The fourth-order valence-electron chi connectivity index (χ4n) is 3.01. The van der Waals surface area contributed by atoms with Gasteiger partial charge >= 0.3 is 0 Å². The first-order chi connectivity index (χ1) is 9.11. The molecule has 0 aliphatic heterocycles. The number of hydrogen-bond acceptors (Lipinski definition) is 3. The number of rotatable bonds is 2. The van der Waals surface area contributed by atoms with Crippen LogP contribution in [-0.4, -0.2) is 21.8 Å². The summed E-state index contributed by atoms with van der Waals surface area (Å²) in [6, 6.07) is 4.40. The Hall–Kier alpha value is -1.68. The molecule has 1 aliphatic carbocycles. The molecule has 0 saturated carbocycles. The van der Waals surface area contributed by atoms with Crippen LogP contribution in [0.5, 0.6) is 0 Å². The van der Waals surface area contributed by atoms with Crippen molar-refractivity contribution < 1.29 is 0 Å². The Morgan fingerprint density at radius 3 is 2.74 bits per heavy atom. The molecule has 100 valence electrons. The van der Waals surface area contributed by atoms with Gasteiger partial charge in [-0.2, -0.15) is 5.10 Å². The second-order valence-corrected chi connectivity index (χ2v) is 6.05. The predicted molar refractivity (Wildman–Crippen MR) is 75.3 cm³/mol. The van der Waals surface area contributed by atoms with Crippen molar-refractivity contribution in [2.24, 2.45) is 5.41 Å². The maximum atomic E-state index is 4.58. The minimum Gasteiger partial charge on any atom is -0.313 e. The topological polar surface area (TPSA) is 42.7 Å². The molecule has 2 aromatic rings. The molecule has 1 atom stereocenters. The summed E-state index contributed by atoms with van der Waals surface area (Å²) in [5, 5.41) is 8.00. The van der Waals surface area contributed by atoms with E-state index in [0.29, 0.717) is 11.5 Å². The van der Waals surface area contributed by atoms with E-state index in [1.165, 1.54) is 11.3 Å². The van der Waals surface area contributed by atoms with Crippen molar-refractivity contribution in [3.8, 4) is 5.69 Å². The van der Waals surface area contributed by atoms with Gasteiger partial charge in [0, 0.05) is 29.7 Å². The molecule has 0 radical (unpaired) electrons. The molecule has 2 aromatic heterocycles. The average Bonchev–Trinajstić information content (AvgIpc) is 2.81. The molecule has 0 amide bonds. The third-order valence-corrected chi connectivity index (χ3v) is 3.94. The zero-order chi connectivity index (χ0) is 13.5. The third kappa shape index (κ3) is 2.16. The monoisotopic (exact) mass is 256 g/mol. The minimum atomic E-state index is 0.297. The van der Waals surface area contributed by atoms with E-state index in [1.54, 1.807) is 0 Å². The second-order valence-electron chi connectivity index (χ2n) is 6.05. The third-order valence-electron chi connectivity index (χ3n) is 3.94. The van der Waals surface area contributed by atoms with E-state index in [1.807, 2.05) is 37.8 Å². The second kappa shape index (κ2) is 4.46. The zero-order valence-electron chi connectivity index (χ0n) is 11.7. The van der Waals surface area contributed by atoms with Gasteiger partial charge in [-0.05, 0) is 37.4 Å². The standard InChI is InChI=1S/C15H20N4/c1-15(2)8-13(16-3)12-10-18-19(14(12)9-15)11-4-6-17-7-5-11/h4-7,10,13,16H,8-9H2,1-3H3. The van der Waals surface area contributed by atoms with Gasteiger partial charge in [0.15, 0.2) is 0 Å². The van der Waals surface area contributed by atoms with Crippen LogP contribution in [0.3, 0.4) is 0 Å². The molecule has 4 nitrogen and oxygen atoms in total. The Kier molecular flexibility index (Phi) is 2.90. The molecule has 4 heteroatoms. The highest BCUT2D eigenvalue weighted by atomic mass is 15.3. The smallest absolute Gasteiger partial charge is 0.0679 e. The first-order valence-electron chi connectivity index (χ1n) is 6.75. The van der Waals surface area contributed by atoms with E-state index >= 15 is 0 Å². The first kappa shape index (κ1) is 12.4. The van der Waals surface area contributed by atoms with Gasteiger partial charge in [-0.25, -0.2) is 4.68 Å². The minimum absolute atomic E-state index is 0.297. The van der Waals surface area contributed by atoms with Crippen LogP contribution < -0.4 is 5.32 Å². The predicted octanol–water partition coefficient (Wildman–Crippen LogP) is 2.50. The maximum absolute atomic E-state index is 4.58. The van der Waals surface area contributed by atoms with Crippen LogP contribution in [0.15, 0.2) is 30.7 Å². The summed E-state index contributed by atoms with van der Waals surface area (Å²) in [5.74, 6) is 0. The summed E-state index contributed by atoms with van der Waals surface area (Å²) in [5.41, 5.74) is 4.04. The van der Waals surface area contributed by atoms with Gasteiger partial charge < -0.3 is 5.32 Å². The highest BCUT2D eigenvalue weighted by Gasteiger charge is 2.34. The lowest BCUT2D eigenvalue weighted by Crippen LogP contribution is -2.32. The van der Waals surface area contributed by atoms with Crippen molar-refractivity contribution in [3.05, 3.63) is 42.0 Å². The molecule has 2 heterocycles. The van der Waals surface area contributed by atoms with Gasteiger partial charge in [-0.1, -0.05) is 13.8 Å². The lowest BCUT2D eigenvalue weighted by Gasteiger charge is -2.35. The van der Waals surface area contributed by atoms with E-state index in [9.17, 15) is 0 Å². The van der Waals surface area contributed by atoms with Gasteiger partial charge in [0.25, 0.3) is 0 Å². The van der Waals surface area contributed by atoms with E-state index in [2.05, 4.69) is 33.9 Å². The number of aromatic nitrogens is 3. The van der Waals surface area contributed by atoms with E-state index in [0.717, 1.165) is 18.5 Å². The number of pyridine rings is 1. The molecule has 0 spiro atoms. The average molecular weight is 256 g/mol. The van der Waals surface area contributed by atoms with Crippen LogP contribution in [-0.2, 0) is 6.42 Å². The lowest BCUT2D eigenvalue weighted by molar-refractivity contribution is 0.260. The van der Waals surface area contributed by atoms with Gasteiger partial charge in [0.2, 0.25) is 0 Å². The van der Waals surface area contributed by atoms with Crippen LogP contribution in [0.2, 0.25) is 0 Å². The highest BCUT2D eigenvalue weighted by Crippen LogP contribution is 2.40. The molecule has 1 aliphatic rings. The Labute approximate surface area is 113 Å². The largest absolute Gasteiger partial charge is 0.313 e. The Balaban J connectivity index is 2.09. The maximum Gasteiger partial charge on any atom is 0.0679 e. The Bertz CT molecular complexity index is 571. The zero-order valence-corrected chi connectivity index (χ0v) is 11.7. The van der Waals surface area contributed by atoms with Crippen molar-refractivity contribution in [2.75, 3.05) is 7.05 Å². The van der Waals surface area contributed by atoms with E-state index < -0.39 is 0 Å². The number of hydrogen-bond donors (Lipinski definition) is 1. The van der Waals surface area contributed by atoms with Gasteiger partial charge in [-0.3, -0.25) is 4.98 Å². The number of fused-ring (bicyclic) bond motifs is 1. The highest BCUT2D eigenvalue weighted by molar-refractivity contribution is 5.36. The fraction of sp³-hybridized carbons (Fsp3) is 0.467. The van der Waals surface area contributed by atoms with Crippen molar-refractivity contribution in [3.63, 3.8) is 0 Å². The summed E-state index contributed by atoms with van der Waals surface area (Å²) in [4.78, 5) is 4.07. The molecular weight excluding hydrogens is 236 g/mol. The van der Waals surface area contributed by atoms with E-state index in [4.69, 9.17) is 0 Å². The number of nitrogens with zero attached hydrogens (tertiary/aromatic N) is 3. The summed E-state index contributed by atoms with van der Waals surface area (Å²) in [6.45, 7) is 4.65. The Morgan fingerprint density at radius 1 is 1.32 bits per heavy atom. The van der Waals surface area contributed by atoms with Crippen LogP contribution >= 0.6 is 0 Å². The molecular formula is C15H20N4. The van der Waals surface area contributed by atoms with Crippen molar-refractivity contribution in [1.29, 1.82) is 0 Å². The molecule has 1 unspecified atom stereocenters. The SMILES string of the molecule is CNC1CC(C)(C)Cc2c1cnn2-c1ccncc1. The summed E-state index contributed by atoms with van der Waals surface area (Å²) >= 11 is 0. The van der Waals surface area contributed by atoms with Gasteiger partial charge in [-0.15, -0.1) is 0 Å². The quantitative estimate of drug-likeness (QED) is 0.897. The van der Waals surface area contributed by atoms with Crippen LogP contribution in [0.25, 0.3) is 5.69 Å². The first-order valence-corrected chi connectivity index (χ1v) is 6.75. The number of nitrogens with one attached hydrogen (secondary N) is 1. The molecule has 0 aromatic carbocycles. The summed E-state index contributed by atoms with van der Waals surface area (Å²) < 4.78 is 2.06. The molecule has 1 N–H and O–H groups in total. The molecule has 3 rings (SSSR count). The lowest BCUT2D eigenvalue weighted by atomic mass is 9.74. The van der Waals surface area contributed by atoms with E-state index in [-0.39, 0.29) is 0 Å². The molecule has 19 heavy (non-hydrogen) atoms. The van der Waals surface area contributed by atoms with Crippen molar-refractivity contribution in [2.45, 2.75) is 32.7 Å². The summed E-state index contributed by atoms with van der Waals surface area (Å²) in [6.07, 6.45) is 7.84. The fourth-order valence-corrected chi connectivity index (χ4v) is 3.01. The molecule has 0 saturated heterocycles. The van der Waals surface area contributed by atoms with Crippen LogP contribution in [0.4, 0.5) is 0 Å². The molecule has 0 bridgehead atoms. The van der Waals surface area contributed by atoms with Crippen molar-refractivity contribution >= 4 is 0 Å². The normalized spacial score (nSPS) is 21.1. The van der Waals surface area contributed by atoms with Crippen LogP contribution in [0.1, 0.15) is 37.6 Å². The molecule has 0 fully saturated rings. The Morgan fingerprint density at radius 2 is 2.05 bits per heavy atom. The van der Waals surface area contributed by atoms with Crippen molar-refractivity contribution in [1.82, 2.24) is 20.1 Å². The van der Waals surface area contributed by atoms with Gasteiger partial charge in [0.1, 0.15) is 0 Å². The summed E-state index contributed by atoms with van der Waals surface area (Å²) in [7, 11) is 2.03. The van der Waals surface area contributed by atoms with Crippen LogP contribution in [0, 0.1) is 5.41 Å². The van der Waals surface area contributed by atoms with Gasteiger partial charge in [0.05, 0.1) is 11.9 Å².